The van der Waals surface area contributed by atoms with E-state index < -0.39 is 0 Å². The molecule has 0 saturated heterocycles. The summed E-state index contributed by atoms with van der Waals surface area (Å²) in [5.41, 5.74) is 4.64. The van der Waals surface area contributed by atoms with E-state index in [0.717, 1.165) is 10.0 Å². The van der Waals surface area contributed by atoms with Gasteiger partial charge in [0.15, 0.2) is 11.5 Å². The first-order valence-electron chi connectivity index (χ1n) is 6.20. The van der Waals surface area contributed by atoms with Crippen molar-refractivity contribution in [2.24, 2.45) is 5.10 Å². The van der Waals surface area contributed by atoms with E-state index in [9.17, 15) is 0 Å². The Balaban J connectivity index is 1.67. The van der Waals surface area contributed by atoms with Gasteiger partial charge in [-0.05, 0) is 39.7 Å². The minimum Gasteiger partial charge on any atom is -0.260 e. The summed E-state index contributed by atoms with van der Waals surface area (Å²) in [6.07, 6.45) is 5.18. The Bertz CT molecular complexity index is 793. The number of rotatable bonds is 4. The summed E-state index contributed by atoms with van der Waals surface area (Å²) < 4.78 is 2.43. The second kappa shape index (κ2) is 6.27. The highest BCUT2D eigenvalue weighted by Crippen LogP contribution is 2.10. The van der Waals surface area contributed by atoms with Crippen molar-refractivity contribution in [2.45, 2.75) is 0 Å². The van der Waals surface area contributed by atoms with E-state index in [1.807, 2.05) is 42.5 Å². The van der Waals surface area contributed by atoms with Gasteiger partial charge in [-0.3, -0.25) is 5.43 Å². The van der Waals surface area contributed by atoms with Gasteiger partial charge in [0.25, 0.3) is 0 Å². The monoisotopic (exact) mass is 342 g/mol. The van der Waals surface area contributed by atoms with Crippen LogP contribution in [0.2, 0.25) is 0 Å². The van der Waals surface area contributed by atoms with Gasteiger partial charge in [-0.1, -0.05) is 30.3 Å². The summed E-state index contributed by atoms with van der Waals surface area (Å²) in [5, 5.41) is 16.0. The molecule has 104 valence electrons. The molecule has 0 unspecified atom stereocenters. The number of anilines is 1. The van der Waals surface area contributed by atoms with Crippen LogP contribution in [0.5, 0.6) is 0 Å². The quantitative estimate of drug-likeness (QED) is 0.584. The van der Waals surface area contributed by atoms with Crippen LogP contribution in [0.3, 0.4) is 0 Å². The van der Waals surface area contributed by atoms with E-state index in [1.54, 1.807) is 16.8 Å². The van der Waals surface area contributed by atoms with Crippen LogP contribution in [0.25, 0.3) is 11.7 Å². The molecule has 2 heterocycles. The number of fused-ring (bicyclic) bond motifs is 1. The molecule has 3 aromatic rings. The van der Waals surface area contributed by atoms with Crippen LogP contribution >= 0.6 is 15.9 Å². The minimum atomic E-state index is 0.610. The van der Waals surface area contributed by atoms with Crippen molar-refractivity contribution < 1.29 is 0 Å². The first kappa shape index (κ1) is 13.4. The lowest BCUT2D eigenvalue weighted by molar-refractivity contribution is 0.925. The lowest BCUT2D eigenvalue weighted by Gasteiger charge is -1.99. The van der Waals surface area contributed by atoms with Crippen LogP contribution in [-0.2, 0) is 0 Å². The highest BCUT2D eigenvalue weighted by atomic mass is 79.9. The molecule has 0 atom stereocenters. The fourth-order valence-electron chi connectivity index (χ4n) is 1.69. The second-order valence-corrected chi connectivity index (χ2v) is 5.08. The first-order valence-corrected chi connectivity index (χ1v) is 6.99. The molecule has 0 saturated carbocycles. The molecule has 0 bridgehead atoms. The summed E-state index contributed by atoms with van der Waals surface area (Å²) in [4.78, 5) is 0. The first-order chi connectivity index (χ1) is 10.3. The lowest BCUT2D eigenvalue weighted by atomic mass is 10.2. The van der Waals surface area contributed by atoms with E-state index in [0.29, 0.717) is 11.5 Å². The van der Waals surface area contributed by atoms with Gasteiger partial charge in [0.1, 0.15) is 6.33 Å². The van der Waals surface area contributed by atoms with E-state index in [-0.39, 0.29) is 0 Å². The average molecular weight is 343 g/mol. The lowest BCUT2D eigenvalue weighted by Crippen LogP contribution is -1.97. The van der Waals surface area contributed by atoms with E-state index >= 15 is 0 Å². The number of allylic oxidation sites excluding steroid dienone is 1. The van der Waals surface area contributed by atoms with Gasteiger partial charge < -0.3 is 0 Å². The van der Waals surface area contributed by atoms with Crippen molar-refractivity contribution in [3.05, 3.63) is 58.8 Å². The fourth-order valence-corrected chi connectivity index (χ4v) is 2.06. The Morgan fingerprint density at radius 3 is 2.90 bits per heavy atom. The average Bonchev–Trinajstić information content (AvgIpc) is 2.96. The van der Waals surface area contributed by atoms with E-state index in [1.165, 1.54) is 6.33 Å². The van der Waals surface area contributed by atoms with Gasteiger partial charge in [-0.25, -0.2) is 0 Å². The molecule has 3 rings (SSSR count). The Labute approximate surface area is 129 Å². The highest BCUT2D eigenvalue weighted by molar-refractivity contribution is 9.12. The molecular weight excluding hydrogens is 332 g/mol. The zero-order valence-corrected chi connectivity index (χ0v) is 12.5. The largest absolute Gasteiger partial charge is 0.260 e. The zero-order chi connectivity index (χ0) is 14.5. The molecule has 0 aliphatic heterocycles. The van der Waals surface area contributed by atoms with Crippen molar-refractivity contribution in [3.63, 3.8) is 0 Å². The number of hydrogen-bond donors (Lipinski definition) is 1. The number of hydrazone groups is 1. The molecule has 2 aromatic heterocycles. The van der Waals surface area contributed by atoms with Crippen LogP contribution in [0.15, 0.2) is 58.4 Å². The molecule has 21 heavy (non-hydrogen) atoms. The maximum absolute atomic E-state index is 4.25. The molecule has 0 spiro atoms. The topological polar surface area (TPSA) is 67.5 Å². The predicted octanol–water partition coefficient (Wildman–Crippen LogP) is 2.96. The van der Waals surface area contributed by atoms with Crippen LogP contribution in [0, 0.1) is 0 Å². The van der Waals surface area contributed by atoms with Crippen molar-refractivity contribution >= 4 is 39.7 Å². The van der Waals surface area contributed by atoms with Crippen molar-refractivity contribution in [3.8, 4) is 0 Å². The maximum atomic E-state index is 4.25. The summed E-state index contributed by atoms with van der Waals surface area (Å²) in [6, 6.07) is 13.6. The third kappa shape index (κ3) is 3.51. The molecule has 0 amide bonds. The van der Waals surface area contributed by atoms with Gasteiger partial charge in [-0.2, -0.15) is 9.62 Å². The number of nitrogens with zero attached hydrogens (tertiary/aromatic N) is 5. The molecule has 1 N–H and O–H groups in total. The van der Waals surface area contributed by atoms with Crippen molar-refractivity contribution in [1.82, 2.24) is 19.8 Å². The molecule has 0 aliphatic carbocycles. The van der Waals surface area contributed by atoms with Crippen molar-refractivity contribution in [2.75, 3.05) is 5.43 Å². The Kier molecular flexibility index (Phi) is 4.02. The molecule has 0 fully saturated rings. The number of halogens is 1. The Hall–Kier alpha value is -2.54. The Morgan fingerprint density at radius 2 is 2.05 bits per heavy atom. The molecule has 1 aromatic carbocycles. The summed E-state index contributed by atoms with van der Waals surface area (Å²) in [5.74, 6) is 0.610. The SMILES string of the molecule is BrC(/C=N/Nc1ccc2nncn2n1)=C/c1ccccc1. The molecular formula is C14H11BrN6. The predicted molar refractivity (Wildman–Crippen MR) is 86.2 cm³/mol. The number of benzene rings is 1. The van der Waals surface area contributed by atoms with Crippen LogP contribution in [0.4, 0.5) is 5.82 Å². The third-order valence-corrected chi connectivity index (χ3v) is 3.07. The summed E-state index contributed by atoms with van der Waals surface area (Å²) in [7, 11) is 0. The summed E-state index contributed by atoms with van der Waals surface area (Å²) >= 11 is 3.45. The molecule has 6 nitrogen and oxygen atoms in total. The highest BCUT2D eigenvalue weighted by Gasteiger charge is 1.97. The number of aromatic nitrogens is 4. The second-order valence-electron chi connectivity index (χ2n) is 4.16. The molecule has 7 heteroatoms. The van der Waals surface area contributed by atoms with Crippen LogP contribution in [0.1, 0.15) is 5.56 Å². The zero-order valence-electron chi connectivity index (χ0n) is 10.9. The van der Waals surface area contributed by atoms with Crippen molar-refractivity contribution in [1.29, 1.82) is 0 Å². The Morgan fingerprint density at radius 1 is 1.19 bits per heavy atom. The van der Waals surface area contributed by atoms with E-state index in [2.05, 4.69) is 41.8 Å². The smallest absolute Gasteiger partial charge is 0.177 e. The summed E-state index contributed by atoms with van der Waals surface area (Å²) in [6.45, 7) is 0. The number of hydrogen-bond acceptors (Lipinski definition) is 5. The van der Waals surface area contributed by atoms with Crippen LogP contribution in [-0.4, -0.2) is 26.0 Å². The molecule has 0 radical (unpaired) electrons. The fraction of sp³-hybridized carbons (Fsp3) is 0. The molecule has 0 aliphatic rings. The van der Waals surface area contributed by atoms with Crippen LogP contribution < -0.4 is 5.43 Å². The van der Waals surface area contributed by atoms with E-state index in [4.69, 9.17) is 0 Å². The number of nitrogens with one attached hydrogen (secondary N) is 1. The maximum Gasteiger partial charge on any atom is 0.177 e. The van der Waals surface area contributed by atoms with Gasteiger partial charge in [-0.15, -0.1) is 15.3 Å². The van der Waals surface area contributed by atoms with Gasteiger partial charge >= 0.3 is 0 Å². The standard InChI is InChI=1S/C14H11BrN6/c15-12(8-11-4-2-1-3-5-11)9-16-18-13-6-7-14-19-17-10-21(14)20-13/h1-10H,(H,18,20)/b12-8+,16-9+. The van der Waals surface area contributed by atoms with Gasteiger partial charge in [0.05, 0.1) is 6.21 Å². The normalized spacial score (nSPS) is 12.1. The minimum absolute atomic E-state index is 0.610. The third-order valence-electron chi connectivity index (χ3n) is 2.63. The van der Waals surface area contributed by atoms with Gasteiger partial charge in [0.2, 0.25) is 0 Å². The van der Waals surface area contributed by atoms with Gasteiger partial charge in [0, 0.05) is 4.48 Å².